The highest BCUT2D eigenvalue weighted by molar-refractivity contribution is 9.10. The van der Waals surface area contributed by atoms with Crippen molar-refractivity contribution in [2.75, 3.05) is 26.7 Å². The van der Waals surface area contributed by atoms with Gasteiger partial charge in [-0.3, -0.25) is 0 Å². The lowest BCUT2D eigenvalue weighted by Crippen LogP contribution is -2.50. The largest absolute Gasteiger partial charge is 0.350 e. The first-order valence-electron chi connectivity index (χ1n) is 6.79. The number of aryl methyl sites for hydroxylation is 1. The van der Waals surface area contributed by atoms with Crippen molar-refractivity contribution in [3.63, 3.8) is 0 Å². The molecule has 102 valence electrons. The monoisotopic (exact) mass is 321 g/mol. The molecule has 1 unspecified atom stereocenters. The zero-order valence-electron chi connectivity index (χ0n) is 11.5. The summed E-state index contributed by atoms with van der Waals surface area (Å²) in [6, 6.07) is 7.16. The van der Waals surface area contributed by atoms with E-state index in [2.05, 4.69) is 69.2 Å². The van der Waals surface area contributed by atoms with Gasteiger partial charge in [-0.2, -0.15) is 0 Å². The number of benzene rings is 1. The summed E-state index contributed by atoms with van der Waals surface area (Å²) in [5.74, 6) is 0. The van der Waals surface area contributed by atoms with Gasteiger partial charge in [-0.15, -0.1) is 0 Å². The van der Waals surface area contributed by atoms with Crippen molar-refractivity contribution in [1.82, 2.24) is 14.8 Å². The van der Waals surface area contributed by atoms with Gasteiger partial charge in [-0.1, -0.05) is 22.0 Å². The van der Waals surface area contributed by atoms with Gasteiger partial charge in [0.15, 0.2) is 0 Å². The zero-order chi connectivity index (χ0) is 13.4. The van der Waals surface area contributed by atoms with Crippen LogP contribution in [0.5, 0.6) is 0 Å². The molecule has 3 nitrogen and oxygen atoms in total. The molecule has 1 saturated heterocycles. The Bertz CT molecular complexity index is 590. The van der Waals surface area contributed by atoms with Crippen LogP contribution in [0.25, 0.3) is 10.9 Å². The van der Waals surface area contributed by atoms with Gasteiger partial charge in [-0.05, 0) is 31.2 Å². The van der Waals surface area contributed by atoms with E-state index in [1.807, 2.05) is 0 Å². The Hall–Kier alpha value is -0.840. The summed E-state index contributed by atoms with van der Waals surface area (Å²) < 4.78 is 3.37. The maximum absolute atomic E-state index is 3.55. The molecule has 0 aliphatic carbocycles. The maximum atomic E-state index is 3.55. The van der Waals surface area contributed by atoms with Crippen molar-refractivity contribution in [1.29, 1.82) is 0 Å². The number of piperazine rings is 1. The van der Waals surface area contributed by atoms with Crippen molar-refractivity contribution in [3.05, 3.63) is 34.4 Å². The molecule has 1 atom stereocenters. The van der Waals surface area contributed by atoms with Gasteiger partial charge in [0.05, 0.1) is 0 Å². The van der Waals surface area contributed by atoms with Gasteiger partial charge in [0.25, 0.3) is 0 Å². The summed E-state index contributed by atoms with van der Waals surface area (Å²) in [5.41, 5.74) is 2.75. The quantitative estimate of drug-likeness (QED) is 0.916. The van der Waals surface area contributed by atoms with Gasteiger partial charge >= 0.3 is 0 Å². The average molecular weight is 322 g/mol. The number of rotatable bonds is 2. The minimum absolute atomic E-state index is 0.600. The Labute approximate surface area is 122 Å². The van der Waals surface area contributed by atoms with Crippen molar-refractivity contribution in [2.24, 2.45) is 7.05 Å². The number of aromatic nitrogens is 1. The lowest BCUT2D eigenvalue weighted by atomic mass is 10.0. The van der Waals surface area contributed by atoms with Crippen molar-refractivity contribution < 1.29 is 0 Å². The number of nitrogens with zero attached hydrogens (tertiary/aromatic N) is 2. The molecule has 19 heavy (non-hydrogen) atoms. The van der Waals surface area contributed by atoms with Crippen molar-refractivity contribution in [2.45, 2.75) is 12.5 Å². The Kier molecular flexibility index (Phi) is 3.65. The van der Waals surface area contributed by atoms with Crippen LogP contribution in [0.1, 0.15) is 5.56 Å². The molecule has 4 heteroatoms. The van der Waals surface area contributed by atoms with Crippen LogP contribution in [0.3, 0.4) is 0 Å². The van der Waals surface area contributed by atoms with Crippen LogP contribution in [-0.4, -0.2) is 42.2 Å². The fourth-order valence-electron chi connectivity index (χ4n) is 2.95. The Morgan fingerprint density at radius 3 is 3.00 bits per heavy atom. The van der Waals surface area contributed by atoms with E-state index in [1.54, 1.807) is 0 Å². The fraction of sp³-hybridized carbons (Fsp3) is 0.467. The lowest BCUT2D eigenvalue weighted by molar-refractivity contribution is 0.199. The number of nitrogens with one attached hydrogen (secondary N) is 1. The Morgan fingerprint density at radius 1 is 1.37 bits per heavy atom. The summed E-state index contributed by atoms with van der Waals surface area (Å²) in [7, 11) is 4.36. The predicted molar refractivity (Wildman–Crippen MR) is 83.6 cm³/mol. The molecule has 0 bridgehead atoms. The summed E-state index contributed by atoms with van der Waals surface area (Å²) in [4.78, 5) is 2.47. The van der Waals surface area contributed by atoms with E-state index >= 15 is 0 Å². The normalized spacial score (nSPS) is 21.1. The molecule has 1 aliphatic heterocycles. The van der Waals surface area contributed by atoms with Crippen molar-refractivity contribution >= 4 is 26.8 Å². The maximum Gasteiger partial charge on any atom is 0.0491 e. The summed E-state index contributed by atoms with van der Waals surface area (Å²) >= 11 is 3.55. The molecule has 0 radical (unpaired) electrons. The first-order chi connectivity index (χ1) is 9.15. The minimum Gasteiger partial charge on any atom is -0.350 e. The van der Waals surface area contributed by atoms with E-state index in [0.717, 1.165) is 30.5 Å². The molecule has 3 rings (SSSR count). The van der Waals surface area contributed by atoms with Crippen LogP contribution in [-0.2, 0) is 13.5 Å². The second-order valence-electron chi connectivity index (χ2n) is 5.47. The van der Waals surface area contributed by atoms with Crippen LogP contribution >= 0.6 is 15.9 Å². The van der Waals surface area contributed by atoms with Gasteiger partial charge in [-0.25, -0.2) is 0 Å². The molecule has 1 aliphatic rings. The molecular weight excluding hydrogens is 302 g/mol. The molecule has 1 N–H and O–H groups in total. The summed E-state index contributed by atoms with van der Waals surface area (Å²) in [6.45, 7) is 3.33. The van der Waals surface area contributed by atoms with Gasteiger partial charge in [0, 0.05) is 54.3 Å². The first-order valence-corrected chi connectivity index (χ1v) is 7.59. The SMILES string of the molecule is CN1CCNCC1Cc1cn(C)c2cc(Br)ccc12. The van der Waals surface area contributed by atoms with E-state index in [4.69, 9.17) is 0 Å². The fourth-order valence-corrected chi connectivity index (χ4v) is 3.30. The third kappa shape index (κ3) is 2.57. The minimum atomic E-state index is 0.600. The standard InChI is InChI=1S/C15H20BrN3/c1-18-6-5-17-9-13(18)7-11-10-19(2)15-8-12(16)3-4-14(11)15/h3-4,8,10,13,17H,5-7,9H2,1-2H3. The number of fused-ring (bicyclic) bond motifs is 1. The lowest BCUT2D eigenvalue weighted by Gasteiger charge is -2.33. The molecule has 2 heterocycles. The second-order valence-corrected chi connectivity index (χ2v) is 6.39. The van der Waals surface area contributed by atoms with Crippen LogP contribution in [0.2, 0.25) is 0 Å². The third-order valence-corrected chi connectivity index (χ3v) is 4.63. The summed E-state index contributed by atoms with van der Waals surface area (Å²) in [5, 5.41) is 4.87. The van der Waals surface area contributed by atoms with E-state index in [9.17, 15) is 0 Å². The van der Waals surface area contributed by atoms with E-state index in [0.29, 0.717) is 6.04 Å². The van der Waals surface area contributed by atoms with Gasteiger partial charge in [0.1, 0.15) is 0 Å². The highest BCUT2D eigenvalue weighted by Gasteiger charge is 2.20. The Balaban J connectivity index is 1.92. The molecule has 1 aromatic carbocycles. The van der Waals surface area contributed by atoms with Gasteiger partial charge < -0.3 is 14.8 Å². The molecular formula is C15H20BrN3. The third-order valence-electron chi connectivity index (χ3n) is 4.14. The van der Waals surface area contributed by atoms with Crippen LogP contribution in [0, 0.1) is 0 Å². The van der Waals surface area contributed by atoms with Gasteiger partial charge in [0.2, 0.25) is 0 Å². The average Bonchev–Trinajstić information content (AvgIpc) is 2.69. The number of hydrogen-bond donors (Lipinski definition) is 1. The highest BCUT2D eigenvalue weighted by atomic mass is 79.9. The second kappa shape index (κ2) is 5.27. The van der Waals surface area contributed by atoms with E-state index in [-0.39, 0.29) is 0 Å². The van der Waals surface area contributed by atoms with E-state index < -0.39 is 0 Å². The number of halogens is 1. The Morgan fingerprint density at radius 2 is 2.21 bits per heavy atom. The summed E-state index contributed by atoms with van der Waals surface area (Å²) in [6.07, 6.45) is 3.39. The predicted octanol–water partition coefficient (Wildman–Crippen LogP) is 2.39. The number of likely N-dealkylation sites (N-methyl/N-ethyl adjacent to an activating group) is 1. The molecule has 2 aromatic rings. The topological polar surface area (TPSA) is 20.2 Å². The molecule has 1 aromatic heterocycles. The van der Waals surface area contributed by atoms with Crippen LogP contribution in [0.15, 0.2) is 28.9 Å². The smallest absolute Gasteiger partial charge is 0.0491 e. The van der Waals surface area contributed by atoms with Crippen LogP contribution < -0.4 is 5.32 Å². The molecule has 1 fully saturated rings. The van der Waals surface area contributed by atoms with Crippen molar-refractivity contribution in [3.8, 4) is 0 Å². The van der Waals surface area contributed by atoms with Crippen LogP contribution in [0.4, 0.5) is 0 Å². The number of hydrogen-bond acceptors (Lipinski definition) is 2. The molecule has 0 amide bonds. The molecule has 0 spiro atoms. The first kappa shape index (κ1) is 13.2. The highest BCUT2D eigenvalue weighted by Crippen LogP contribution is 2.26. The molecule has 0 saturated carbocycles. The zero-order valence-corrected chi connectivity index (χ0v) is 13.1. The van der Waals surface area contributed by atoms with E-state index in [1.165, 1.54) is 16.5 Å².